The van der Waals surface area contributed by atoms with E-state index in [1.54, 1.807) is 12.1 Å². The van der Waals surface area contributed by atoms with Crippen molar-refractivity contribution in [3.8, 4) is 11.5 Å². The smallest absolute Gasteiger partial charge is 0.449 e. The van der Waals surface area contributed by atoms with E-state index < -0.39 is 18.4 Å². The molecule has 1 atom stereocenters. The van der Waals surface area contributed by atoms with Crippen LogP contribution in [0.2, 0.25) is 0 Å². The molecule has 0 bridgehead atoms. The van der Waals surface area contributed by atoms with Crippen LogP contribution in [0.1, 0.15) is 18.0 Å². The number of carbonyl (C=O) groups is 1. The molecular weight excluding hydrogens is 284 g/mol. The van der Waals surface area contributed by atoms with Gasteiger partial charge in [0.1, 0.15) is 0 Å². The van der Waals surface area contributed by atoms with Gasteiger partial charge >= 0.3 is 12.4 Å². The van der Waals surface area contributed by atoms with Crippen molar-refractivity contribution < 1.29 is 27.8 Å². The van der Waals surface area contributed by atoms with Crippen molar-refractivity contribution >= 4 is 18.5 Å². The highest BCUT2D eigenvalue weighted by Gasteiger charge is 2.45. The molecule has 1 amide bonds. The Morgan fingerprint density at radius 3 is 2.84 bits per heavy atom. The molecule has 0 aliphatic carbocycles. The molecule has 19 heavy (non-hydrogen) atoms. The number of para-hydroxylation sites is 1. The first-order valence-corrected chi connectivity index (χ1v) is 5.37. The highest BCUT2D eigenvalue weighted by molar-refractivity contribution is 5.85. The summed E-state index contributed by atoms with van der Waals surface area (Å²) in [4.78, 5) is 11.1. The predicted molar refractivity (Wildman–Crippen MR) is 61.7 cm³/mol. The van der Waals surface area contributed by atoms with Gasteiger partial charge < -0.3 is 19.5 Å². The Morgan fingerprint density at radius 1 is 1.32 bits per heavy atom. The third kappa shape index (κ3) is 2.51. The lowest BCUT2D eigenvalue weighted by Crippen LogP contribution is -2.35. The number of benzene rings is 1. The molecule has 1 aromatic rings. The van der Waals surface area contributed by atoms with Crippen molar-refractivity contribution in [2.75, 3.05) is 6.61 Å². The molecule has 0 unspecified atom stereocenters. The highest BCUT2D eigenvalue weighted by Crippen LogP contribution is 2.45. The Bertz CT molecular complexity index is 511. The summed E-state index contributed by atoms with van der Waals surface area (Å²) in [7, 11) is 0. The number of alkyl halides is 2. The maximum Gasteiger partial charge on any atom is 0.586 e. The quantitative estimate of drug-likeness (QED) is 0.865. The van der Waals surface area contributed by atoms with E-state index in [1.165, 1.54) is 6.07 Å². The molecular formula is C11H10ClF2NO4. The third-order valence-electron chi connectivity index (χ3n) is 2.77. The minimum absolute atomic E-state index is 0. The molecule has 104 valence electrons. The van der Waals surface area contributed by atoms with Crippen molar-refractivity contribution in [1.29, 1.82) is 0 Å². The summed E-state index contributed by atoms with van der Waals surface area (Å²) in [5.74, 6) is -0.0621. The van der Waals surface area contributed by atoms with Gasteiger partial charge in [0, 0.05) is 12.0 Å². The van der Waals surface area contributed by atoms with Gasteiger partial charge in [0.2, 0.25) is 0 Å². The largest absolute Gasteiger partial charge is 0.586 e. The number of nitrogens with one attached hydrogen (secondary N) is 1. The minimum Gasteiger partial charge on any atom is -0.449 e. The van der Waals surface area contributed by atoms with E-state index in [9.17, 15) is 13.6 Å². The summed E-state index contributed by atoms with van der Waals surface area (Å²) in [6, 6.07) is 4.15. The zero-order valence-corrected chi connectivity index (χ0v) is 10.3. The summed E-state index contributed by atoms with van der Waals surface area (Å²) in [6.07, 6.45) is -3.75. The second-order valence-electron chi connectivity index (χ2n) is 3.96. The van der Waals surface area contributed by atoms with E-state index in [2.05, 4.69) is 14.8 Å². The number of hydrogen-bond acceptors (Lipinski definition) is 4. The minimum atomic E-state index is -3.66. The number of amides is 1. The number of hydrogen-bond donors (Lipinski definition) is 1. The van der Waals surface area contributed by atoms with E-state index >= 15 is 0 Å². The van der Waals surface area contributed by atoms with E-state index in [0.29, 0.717) is 12.0 Å². The zero-order chi connectivity index (χ0) is 12.8. The molecule has 2 aliphatic rings. The molecule has 1 fully saturated rings. The maximum absolute atomic E-state index is 13.0. The molecule has 1 N–H and O–H groups in total. The van der Waals surface area contributed by atoms with Crippen LogP contribution in [0.15, 0.2) is 18.2 Å². The maximum atomic E-state index is 13.0. The van der Waals surface area contributed by atoms with Gasteiger partial charge in [0.05, 0.1) is 12.6 Å². The lowest BCUT2D eigenvalue weighted by atomic mass is 10.0. The normalized spacial score (nSPS) is 23.1. The van der Waals surface area contributed by atoms with Crippen LogP contribution in [0.4, 0.5) is 13.6 Å². The first-order valence-electron chi connectivity index (χ1n) is 5.37. The van der Waals surface area contributed by atoms with Crippen LogP contribution in [0.3, 0.4) is 0 Å². The second-order valence-corrected chi connectivity index (χ2v) is 3.96. The SMILES string of the molecule is Cl.O=C1N[C@H](c2cccc3c2OC(F)(F)O3)CCO1. The predicted octanol–water partition coefficient (Wildman–Crippen LogP) is 2.60. The van der Waals surface area contributed by atoms with Crippen LogP contribution in [-0.4, -0.2) is 19.0 Å². The molecule has 2 heterocycles. The van der Waals surface area contributed by atoms with Gasteiger partial charge in [-0.3, -0.25) is 0 Å². The molecule has 1 saturated heterocycles. The monoisotopic (exact) mass is 293 g/mol. The Balaban J connectivity index is 0.00000133. The van der Waals surface area contributed by atoms with Crippen molar-refractivity contribution in [2.45, 2.75) is 18.8 Å². The molecule has 0 aromatic heterocycles. The number of fused-ring (bicyclic) bond motifs is 1. The summed E-state index contributed by atoms with van der Waals surface area (Å²) in [6.45, 7) is 0.234. The number of rotatable bonds is 1. The fourth-order valence-corrected chi connectivity index (χ4v) is 2.02. The average Bonchev–Trinajstić information content (AvgIpc) is 2.62. The number of carbonyl (C=O) groups excluding carboxylic acids is 1. The summed E-state index contributed by atoms with van der Waals surface area (Å²) >= 11 is 0. The van der Waals surface area contributed by atoms with Gasteiger partial charge in [0.15, 0.2) is 11.5 Å². The van der Waals surface area contributed by atoms with E-state index in [0.717, 1.165) is 0 Å². The number of alkyl carbamates (subject to hydrolysis) is 1. The fraction of sp³-hybridized carbons (Fsp3) is 0.364. The van der Waals surface area contributed by atoms with Crippen LogP contribution in [0.25, 0.3) is 0 Å². The standard InChI is InChI=1S/C11H9F2NO4.ClH/c12-11(13)17-8-3-1-2-6(9(8)18-11)7-4-5-16-10(15)14-7;/h1-3,7H,4-5H2,(H,14,15);1H/t7-;/m0./s1. The van der Waals surface area contributed by atoms with Crippen LogP contribution in [-0.2, 0) is 4.74 Å². The molecule has 2 aliphatic heterocycles. The van der Waals surface area contributed by atoms with Gasteiger partial charge in [-0.05, 0) is 6.07 Å². The van der Waals surface area contributed by atoms with Crippen molar-refractivity contribution in [3.63, 3.8) is 0 Å². The lowest BCUT2D eigenvalue weighted by molar-refractivity contribution is -0.287. The summed E-state index contributed by atoms with van der Waals surface area (Å²) < 4.78 is 39.5. The van der Waals surface area contributed by atoms with Gasteiger partial charge in [-0.2, -0.15) is 0 Å². The lowest BCUT2D eigenvalue weighted by Gasteiger charge is -2.24. The third-order valence-corrected chi connectivity index (χ3v) is 2.77. The van der Waals surface area contributed by atoms with Gasteiger partial charge in [-0.25, -0.2) is 4.79 Å². The Kier molecular flexibility index (Phi) is 3.40. The topological polar surface area (TPSA) is 56.8 Å². The summed E-state index contributed by atoms with van der Waals surface area (Å²) in [5.41, 5.74) is 0.460. The average molecular weight is 294 g/mol. The Labute approximate surface area is 113 Å². The Morgan fingerprint density at radius 2 is 2.11 bits per heavy atom. The first kappa shape index (κ1) is 13.7. The first-order chi connectivity index (χ1) is 8.55. The van der Waals surface area contributed by atoms with E-state index in [4.69, 9.17) is 4.74 Å². The van der Waals surface area contributed by atoms with Crippen molar-refractivity contribution in [3.05, 3.63) is 23.8 Å². The van der Waals surface area contributed by atoms with Crippen LogP contribution in [0.5, 0.6) is 11.5 Å². The van der Waals surface area contributed by atoms with Crippen molar-refractivity contribution in [2.24, 2.45) is 0 Å². The number of halogens is 3. The van der Waals surface area contributed by atoms with E-state index in [-0.39, 0.29) is 30.5 Å². The van der Waals surface area contributed by atoms with Gasteiger partial charge in [-0.1, -0.05) is 12.1 Å². The van der Waals surface area contributed by atoms with Gasteiger partial charge in [-0.15, -0.1) is 21.2 Å². The fourth-order valence-electron chi connectivity index (χ4n) is 2.02. The molecule has 0 spiro atoms. The van der Waals surface area contributed by atoms with Crippen molar-refractivity contribution in [1.82, 2.24) is 5.32 Å². The Hall–Kier alpha value is -1.76. The number of cyclic esters (lactones) is 1. The number of ether oxygens (including phenoxy) is 3. The highest BCUT2D eigenvalue weighted by atomic mass is 35.5. The van der Waals surface area contributed by atoms with E-state index in [1.807, 2.05) is 0 Å². The van der Waals surface area contributed by atoms with Crippen LogP contribution in [0, 0.1) is 0 Å². The molecule has 1 aromatic carbocycles. The molecule has 0 saturated carbocycles. The summed E-state index contributed by atoms with van der Waals surface area (Å²) in [5, 5.41) is 2.55. The molecule has 8 heteroatoms. The molecule has 5 nitrogen and oxygen atoms in total. The zero-order valence-electron chi connectivity index (χ0n) is 9.52. The van der Waals surface area contributed by atoms with Gasteiger partial charge in [0.25, 0.3) is 0 Å². The molecule has 3 rings (SSSR count). The van der Waals surface area contributed by atoms with Crippen LogP contribution >= 0.6 is 12.4 Å². The second kappa shape index (κ2) is 4.73. The molecule has 0 radical (unpaired) electrons. The van der Waals surface area contributed by atoms with Crippen LogP contribution < -0.4 is 14.8 Å².